The van der Waals surface area contributed by atoms with Crippen molar-refractivity contribution in [2.24, 2.45) is 13.0 Å². The maximum Gasteiger partial charge on any atom is 0.318 e. The van der Waals surface area contributed by atoms with Gasteiger partial charge in [-0.1, -0.05) is 6.57 Å². The summed E-state index contributed by atoms with van der Waals surface area (Å²) in [6, 6.07) is 0.0883. The molecule has 0 atom stereocenters. The second-order valence-electron chi connectivity index (χ2n) is 8.34. The van der Waals surface area contributed by atoms with E-state index >= 15 is 0 Å². The van der Waals surface area contributed by atoms with Gasteiger partial charge < -0.3 is 20.0 Å². The molecule has 1 spiro atoms. The Morgan fingerprint density at radius 2 is 2.10 bits per heavy atom. The summed E-state index contributed by atoms with van der Waals surface area (Å²) < 4.78 is 1.70. The number of nitrogens with zero attached hydrogens (tertiary/aromatic N) is 7. The van der Waals surface area contributed by atoms with Crippen molar-refractivity contribution in [1.82, 2.24) is 30.0 Å². The summed E-state index contributed by atoms with van der Waals surface area (Å²) in [4.78, 5) is 29.3. The highest BCUT2D eigenvalue weighted by Crippen LogP contribution is 2.38. The monoisotopic (exact) mass is 392 g/mol. The van der Waals surface area contributed by atoms with Crippen LogP contribution < -0.4 is 10.2 Å². The summed E-state index contributed by atoms with van der Waals surface area (Å²) in [6.07, 6.45) is 9.54. The van der Waals surface area contributed by atoms with Crippen LogP contribution in [0.5, 0.6) is 0 Å². The molecule has 0 bridgehead atoms. The van der Waals surface area contributed by atoms with Crippen molar-refractivity contribution >= 4 is 17.7 Å². The maximum atomic E-state index is 12.4. The van der Waals surface area contributed by atoms with Crippen LogP contribution in [0.1, 0.15) is 25.7 Å². The second kappa shape index (κ2) is 6.72. The third kappa shape index (κ3) is 3.18. The van der Waals surface area contributed by atoms with E-state index in [1.165, 1.54) is 12.8 Å². The van der Waals surface area contributed by atoms with Crippen LogP contribution in [0.3, 0.4) is 0 Å². The molecule has 9 nitrogen and oxygen atoms in total. The first kappa shape index (κ1) is 17.9. The van der Waals surface area contributed by atoms with E-state index in [-0.39, 0.29) is 17.4 Å². The largest absolute Gasteiger partial charge is 0.359 e. The molecule has 1 saturated carbocycles. The molecule has 2 amide bonds. The maximum absolute atomic E-state index is 12.4. The Labute approximate surface area is 169 Å². The van der Waals surface area contributed by atoms with Gasteiger partial charge in [0.15, 0.2) is 12.0 Å². The van der Waals surface area contributed by atoms with Gasteiger partial charge in [0.1, 0.15) is 5.69 Å². The summed E-state index contributed by atoms with van der Waals surface area (Å²) in [5.74, 6) is 1.75. The number of aromatic nitrogens is 4. The van der Waals surface area contributed by atoms with Crippen LogP contribution in [0.15, 0.2) is 18.6 Å². The number of anilines is 1. The second-order valence-corrected chi connectivity index (χ2v) is 8.34. The average Bonchev–Trinajstić information content (AvgIpc) is 3.40. The zero-order chi connectivity index (χ0) is 20.0. The summed E-state index contributed by atoms with van der Waals surface area (Å²) in [6.45, 7) is 10.6. The number of urea groups is 1. The fourth-order valence-electron chi connectivity index (χ4n) is 4.43. The van der Waals surface area contributed by atoms with Gasteiger partial charge in [0.2, 0.25) is 0 Å². The Hall–Kier alpha value is -3.15. The van der Waals surface area contributed by atoms with Crippen molar-refractivity contribution in [3.05, 3.63) is 30.0 Å². The molecule has 1 N–H and O–H groups in total. The molecular weight excluding hydrogens is 368 g/mol. The molecule has 0 radical (unpaired) electrons. The molecule has 2 aromatic heterocycles. The molecule has 0 aromatic carbocycles. The minimum Gasteiger partial charge on any atom is -0.359 e. The predicted octanol–water partition coefficient (Wildman–Crippen LogP) is 2.20. The van der Waals surface area contributed by atoms with E-state index in [2.05, 4.69) is 30.0 Å². The number of rotatable bonds is 4. The van der Waals surface area contributed by atoms with Crippen LogP contribution in [0.4, 0.5) is 16.4 Å². The Kier molecular flexibility index (Phi) is 4.15. The molecule has 4 heterocycles. The zero-order valence-corrected chi connectivity index (χ0v) is 16.5. The van der Waals surface area contributed by atoms with Gasteiger partial charge in [-0.3, -0.25) is 4.68 Å². The number of hydrogen-bond acceptors (Lipinski definition) is 5. The number of nitrogens with one attached hydrogen (secondary N) is 1. The van der Waals surface area contributed by atoms with E-state index in [0.29, 0.717) is 11.6 Å². The first-order chi connectivity index (χ1) is 14.1. The van der Waals surface area contributed by atoms with Gasteiger partial charge in [0.05, 0.1) is 11.7 Å². The Bertz CT molecular complexity index is 981. The van der Waals surface area contributed by atoms with Crippen LogP contribution in [0.25, 0.3) is 16.1 Å². The molecular formula is C20H24N8O. The van der Waals surface area contributed by atoms with E-state index in [1.54, 1.807) is 17.1 Å². The average molecular weight is 392 g/mol. The molecule has 29 heavy (non-hydrogen) atoms. The molecule has 1 aliphatic carbocycles. The Morgan fingerprint density at radius 3 is 2.76 bits per heavy atom. The van der Waals surface area contributed by atoms with Crippen LogP contribution in [0, 0.1) is 12.5 Å². The lowest BCUT2D eigenvalue weighted by Gasteiger charge is -2.44. The predicted molar refractivity (Wildman–Crippen MR) is 108 cm³/mol. The van der Waals surface area contributed by atoms with Gasteiger partial charge >= 0.3 is 6.03 Å². The summed E-state index contributed by atoms with van der Waals surface area (Å²) in [7, 11) is 1.84. The lowest BCUT2D eigenvalue weighted by molar-refractivity contribution is 0.127. The van der Waals surface area contributed by atoms with Gasteiger partial charge in [-0.2, -0.15) is 5.10 Å². The highest BCUT2D eigenvalue weighted by atomic mass is 16.2. The smallest absolute Gasteiger partial charge is 0.318 e. The van der Waals surface area contributed by atoms with Crippen molar-refractivity contribution in [1.29, 1.82) is 0 Å². The number of hydrogen-bond donors (Lipinski definition) is 1. The molecule has 5 rings (SSSR count). The highest BCUT2D eigenvalue weighted by molar-refractivity contribution is 5.78. The fourth-order valence-corrected chi connectivity index (χ4v) is 4.43. The number of aryl methyl sites for hydroxylation is 1. The van der Waals surface area contributed by atoms with Gasteiger partial charge in [0, 0.05) is 45.0 Å². The Morgan fingerprint density at radius 1 is 1.31 bits per heavy atom. The Balaban J connectivity index is 1.36. The van der Waals surface area contributed by atoms with Crippen molar-refractivity contribution < 1.29 is 4.79 Å². The quantitative estimate of drug-likeness (QED) is 0.807. The van der Waals surface area contributed by atoms with E-state index < -0.39 is 0 Å². The summed E-state index contributed by atoms with van der Waals surface area (Å²) in [5, 5.41) is 7.25. The molecule has 2 saturated heterocycles. The highest BCUT2D eigenvalue weighted by Gasteiger charge is 2.48. The van der Waals surface area contributed by atoms with Crippen molar-refractivity contribution in [2.45, 2.75) is 31.2 Å². The van der Waals surface area contributed by atoms with Crippen LogP contribution in [0.2, 0.25) is 0 Å². The van der Waals surface area contributed by atoms with E-state index in [4.69, 9.17) is 11.6 Å². The number of amides is 2. The molecule has 9 heteroatoms. The van der Waals surface area contributed by atoms with E-state index in [9.17, 15) is 4.79 Å². The van der Waals surface area contributed by atoms with Gasteiger partial charge in [-0.25, -0.2) is 9.78 Å². The third-order valence-electron chi connectivity index (χ3n) is 6.37. The minimum absolute atomic E-state index is 0.0771. The molecule has 3 aliphatic rings. The molecule has 2 aromatic rings. The number of piperidine rings is 1. The van der Waals surface area contributed by atoms with E-state index in [0.717, 1.165) is 50.4 Å². The fraction of sp³-hybridized carbons (Fsp3) is 0.550. The SMILES string of the molecule is [C-]#[N+]c1ncc(N2CCC3(CC2)CNC(=O)N3CC2CC2)nc1-c1cnn(C)c1. The summed E-state index contributed by atoms with van der Waals surface area (Å²) in [5.41, 5.74) is 1.29. The van der Waals surface area contributed by atoms with Crippen LogP contribution in [-0.2, 0) is 7.05 Å². The van der Waals surface area contributed by atoms with Crippen molar-refractivity contribution in [2.75, 3.05) is 31.1 Å². The van der Waals surface area contributed by atoms with Gasteiger partial charge in [-0.15, -0.1) is 4.98 Å². The molecule has 3 fully saturated rings. The third-order valence-corrected chi connectivity index (χ3v) is 6.37. The molecule has 2 aliphatic heterocycles. The van der Waals surface area contributed by atoms with Gasteiger partial charge in [0.25, 0.3) is 5.82 Å². The van der Waals surface area contributed by atoms with Gasteiger partial charge in [-0.05, 0) is 31.6 Å². The minimum atomic E-state index is -0.0771. The number of carbonyl (C=O) groups is 1. The molecule has 0 unspecified atom stereocenters. The summed E-state index contributed by atoms with van der Waals surface area (Å²) >= 11 is 0. The lowest BCUT2D eigenvalue weighted by Crippen LogP contribution is -2.55. The lowest BCUT2D eigenvalue weighted by atomic mass is 9.86. The first-order valence-corrected chi connectivity index (χ1v) is 10.1. The number of carbonyl (C=O) groups excluding carboxylic acids is 1. The van der Waals surface area contributed by atoms with E-state index in [1.807, 2.05) is 13.2 Å². The molecule has 150 valence electrons. The normalized spacial score (nSPS) is 20.8. The topological polar surface area (TPSA) is 83.5 Å². The van der Waals surface area contributed by atoms with Crippen LogP contribution >= 0.6 is 0 Å². The standard InChI is InChI=1S/C20H24N8O/c1-21-18-17(15-9-24-26(2)12-15)25-16(10-22-18)27-7-5-20(6-8-27)13-23-19(29)28(20)11-14-3-4-14/h9-10,12,14H,3-8,11,13H2,2H3,(H,23,29). The van der Waals surface area contributed by atoms with Crippen LogP contribution in [-0.4, -0.2) is 62.4 Å². The van der Waals surface area contributed by atoms with Crippen molar-refractivity contribution in [3.8, 4) is 11.3 Å². The zero-order valence-electron chi connectivity index (χ0n) is 16.5. The van der Waals surface area contributed by atoms with Crippen molar-refractivity contribution in [3.63, 3.8) is 0 Å². The first-order valence-electron chi connectivity index (χ1n) is 10.1.